The summed E-state index contributed by atoms with van der Waals surface area (Å²) in [7, 11) is 0. The number of carbonyl (C=O) groups excluding carboxylic acids is 1. The molecule has 3 unspecified atom stereocenters. The van der Waals surface area contributed by atoms with Crippen LogP contribution in [0, 0.1) is 5.92 Å². The third-order valence-electron chi connectivity index (χ3n) is 3.39. The Morgan fingerprint density at radius 1 is 1.50 bits per heavy atom. The van der Waals surface area contributed by atoms with Crippen molar-refractivity contribution < 1.29 is 19.4 Å². The molecule has 0 aromatic heterocycles. The van der Waals surface area contributed by atoms with Gasteiger partial charge in [0.15, 0.2) is 0 Å². The maximum Gasteiger partial charge on any atom is 0.410 e. The van der Waals surface area contributed by atoms with E-state index in [-0.39, 0.29) is 18.7 Å². The molecule has 5 heteroatoms. The molecule has 88 valence electrons. The third-order valence-corrected chi connectivity index (χ3v) is 3.39. The maximum absolute atomic E-state index is 11.7. The van der Waals surface area contributed by atoms with Crippen molar-refractivity contribution >= 4 is 12.1 Å². The lowest BCUT2D eigenvalue weighted by atomic mass is 9.89. The molecule has 0 aromatic rings. The van der Waals surface area contributed by atoms with Crippen molar-refractivity contribution in [2.24, 2.45) is 5.92 Å². The summed E-state index contributed by atoms with van der Waals surface area (Å²) in [6, 6.07) is -0.136. The van der Waals surface area contributed by atoms with Gasteiger partial charge in [-0.25, -0.2) is 4.79 Å². The number of carboxylic acid groups (broad SMARTS) is 1. The highest BCUT2D eigenvalue weighted by Gasteiger charge is 2.51. The van der Waals surface area contributed by atoms with Gasteiger partial charge in [-0.15, -0.1) is 0 Å². The Hall–Kier alpha value is -1.52. The Morgan fingerprint density at radius 3 is 2.81 bits per heavy atom. The zero-order valence-electron chi connectivity index (χ0n) is 8.96. The number of aliphatic carboxylic acids is 1. The molecule has 2 bridgehead atoms. The molecule has 0 spiro atoms. The lowest BCUT2D eigenvalue weighted by Gasteiger charge is -2.21. The topological polar surface area (TPSA) is 66.8 Å². The minimum Gasteiger partial charge on any atom is -0.481 e. The third kappa shape index (κ3) is 1.66. The summed E-state index contributed by atoms with van der Waals surface area (Å²) in [5.74, 6) is -1.23. The van der Waals surface area contributed by atoms with Crippen LogP contribution < -0.4 is 0 Å². The number of carbonyl (C=O) groups is 2. The monoisotopic (exact) mass is 225 g/mol. The normalized spacial score (nSPS) is 31.5. The molecule has 2 saturated heterocycles. The molecule has 5 nitrogen and oxygen atoms in total. The van der Waals surface area contributed by atoms with Gasteiger partial charge in [-0.3, -0.25) is 4.79 Å². The number of amides is 1. The van der Waals surface area contributed by atoms with Crippen LogP contribution in [-0.4, -0.2) is 40.8 Å². The van der Waals surface area contributed by atoms with Crippen LogP contribution in [-0.2, 0) is 9.53 Å². The van der Waals surface area contributed by atoms with Crippen LogP contribution in [0.5, 0.6) is 0 Å². The average molecular weight is 225 g/mol. The van der Waals surface area contributed by atoms with Gasteiger partial charge in [0.1, 0.15) is 6.61 Å². The van der Waals surface area contributed by atoms with E-state index in [1.807, 2.05) is 0 Å². The number of hydrogen-bond acceptors (Lipinski definition) is 3. The van der Waals surface area contributed by atoms with E-state index in [2.05, 4.69) is 6.58 Å². The van der Waals surface area contributed by atoms with E-state index in [0.29, 0.717) is 6.42 Å². The Bertz CT molecular complexity index is 328. The van der Waals surface area contributed by atoms with E-state index in [1.165, 1.54) is 6.08 Å². The van der Waals surface area contributed by atoms with E-state index < -0.39 is 18.0 Å². The van der Waals surface area contributed by atoms with Gasteiger partial charge in [0.05, 0.1) is 5.92 Å². The maximum atomic E-state index is 11.7. The fraction of sp³-hybridized carbons (Fsp3) is 0.636. The van der Waals surface area contributed by atoms with Crippen LogP contribution in [0.3, 0.4) is 0 Å². The van der Waals surface area contributed by atoms with Crippen LogP contribution in [0.15, 0.2) is 12.7 Å². The second-order valence-electron chi connectivity index (χ2n) is 4.25. The van der Waals surface area contributed by atoms with Gasteiger partial charge in [-0.2, -0.15) is 0 Å². The smallest absolute Gasteiger partial charge is 0.410 e. The molecule has 2 aliphatic heterocycles. The van der Waals surface area contributed by atoms with Crippen molar-refractivity contribution in [3.63, 3.8) is 0 Å². The SMILES string of the molecule is C=CCOC(=O)N1C2CCC1C(C(=O)O)C2. The van der Waals surface area contributed by atoms with E-state index in [0.717, 1.165) is 12.8 Å². The summed E-state index contributed by atoms with van der Waals surface area (Å²) in [6.45, 7) is 3.64. The molecule has 0 radical (unpaired) electrons. The molecule has 1 amide bonds. The van der Waals surface area contributed by atoms with Crippen LogP contribution in [0.1, 0.15) is 19.3 Å². The van der Waals surface area contributed by atoms with Gasteiger partial charge in [-0.1, -0.05) is 12.7 Å². The molecule has 1 N–H and O–H groups in total. The molecule has 16 heavy (non-hydrogen) atoms. The average Bonchev–Trinajstić information content (AvgIpc) is 2.82. The van der Waals surface area contributed by atoms with Gasteiger partial charge in [0, 0.05) is 12.1 Å². The summed E-state index contributed by atoms with van der Waals surface area (Å²) in [4.78, 5) is 24.3. The summed E-state index contributed by atoms with van der Waals surface area (Å²) in [6.07, 6.45) is 3.31. The molecule has 2 heterocycles. The lowest BCUT2D eigenvalue weighted by molar-refractivity contribution is -0.142. The van der Waals surface area contributed by atoms with Crippen molar-refractivity contribution in [1.29, 1.82) is 0 Å². The van der Waals surface area contributed by atoms with E-state index in [9.17, 15) is 9.59 Å². The predicted molar refractivity (Wildman–Crippen MR) is 55.9 cm³/mol. The van der Waals surface area contributed by atoms with Crippen LogP contribution >= 0.6 is 0 Å². The van der Waals surface area contributed by atoms with Gasteiger partial charge in [-0.05, 0) is 19.3 Å². The quantitative estimate of drug-likeness (QED) is 0.734. The lowest BCUT2D eigenvalue weighted by Crippen LogP contribution is -2.38. The van der Waals surface area contributed by atoms with Crippen molar-refractivity contribution in [2.45, 2.75) is 31.3 Å². The number of hydrogen-bond donors (Lipinski definition) is 1. The second kappa shape index (κ2) is 4.15. The van der Waals surface area contributed by atoms with Gasteiger partial charge < -0.3 is 14.7 Å². The van der Waals surface area contributed by atoms with Crippen molar-refractivity contribution in [3.05, 3.63) is 12.7 Å². The zero-order chi connectivity index (χ0) is 11.7. The highest BCUT2D eigenvalue weighted by atomic mass is 16.6. The molecule has 3 atom stereocenters. The molecular formula is C11H15NO4. The molecule has 0 saturated carbocycles. The molecule has 2 rings (SSSR count). The van der Waals surface area contributed by atoms with Gasteiger partial charge in [0.2, 0.25) is 0 Å². The largest absolute Gasteiger partial charge is 0.481 e. The second-order valence-corrected chi connectivity index (χ2v) is 4.25. The molecule has 2 aliphatic rings. The van der Waals surface area contributed by atoms with Crippen LogP contribution in [0.25, 0.3) is 0 Å². The Labute approximate surface area is 93.7 Å². The number of rotatable bonds is 3. The Morgan fingerprint density at radius 2 is 2.25 bits per heavy atom. The predicted octanol–water partition coefficient (Wildman–Crippen LogP) is 1.25. The zero-order valence-corrected chi connectivity index (χ0v) is 8.96. The van der Waals surface area contributed by atoms with E-state index in [1.54, 1.807) is 4.90 Å². The first-order valence-corrected chi connectivity index (χ1v) is 5.44. The van der Waals surface area contributed by atoms with Crippen molar-refractivity contribution in [3.8, 4) is 0 Å². The van der Waals surface area contributed by atoms with Gasteiger partial charge >= 0.3 is 12.1 Å². The first-order valence-electron chi connectivity index (χ1n) is 5.44. The number of fused-ring (bicyclic) bond motifs is 2. The molecule has 0 aromatic carbocycles. The summed E-state index contributed by atoms with van der Waals surface area (Å²) >= 11 is 0. The molecule has 2 fully saturated rings. The number of carboxylic acids is 1. The number of nitrogens with zero attached hydrogens (tertiary/aromatic N) is 1. The summed E-state index contributed by atoms with van der Waals surface area (Å²) < 4.78 is 4.96. The molecular weight excluding hydrogens is 210 g/mol. The van der Waals surface area contributed by atoms with E-state index >= 15 is 0 Å². The highest BCUT2D eigenvalue weighted by molar-refractivity contribution is 5.76. The first kappa shape index (κ1) is 11.0. The standard InChI is InChI=1S/C11H15NO4/c1-2-5-16-11(15)12-7-3-4-9(12)8(6-7)10(13)14/h2,7-9H,1,3-6H2,(H,13,14). The molecule has 0 aliphatic carbocycles. The van der Waals surface area contributed by atoms with Crippen molar-refractivity contribution in [2.75, 3.05) is 6.61 Å². The fourth-order valence-electron chi connectivity index (χ4n) is 2.74. The number of ether oxygens (including phenoxy) is 1. The minimum absolute atomic E-state index is 0.0448. The highest BCUT2D eigenvalue weighted by Crippen LogP contribution is 2.42. The fourth-order valence-corrected chi connectivity index (χ4v) is 2.74. The minimum atomic E-state index is -0.811. The van der Waals surface area contributed by atoms with E-state index in [4.69, 9.17) is 9.84 Å². The Balaban J connectivity index is 2.04. The van der Waals surface area contributed by atoms with Crippen LogP contribution in [0.2, 0.25) is 0 Å². The van der Waals surface area contributed by atoms with Crippen molar-refractivity contribution in [1.82, 2.24) is 4.90 Å². The summed E-state index contributed by atoms with van der Waals surface area (Å²) in [5.41, 5.74) is 0. The first-order chi connectivity index (χ1) is 7.65. The van der Waals surface area contributed by atoms with Crippen LogP contribution in [0.4, 0.5) is 4.79 Å². The Kier molecular flexibility index (Phi) is 2.85. The summed E-state index contributed by atoms with van der Waals surface area (Å²) in [5, 5.41) is 9.02. The van der Waals surface area contributed by atoms with Gasteiger partial charge in [0.25, 0.3) is 0 Å².